The highest BCUT2D eigenvalue weighted by molar-refractivity contribution is 14.0. The van der Waals surface area contributed by atoms with Gasteiger partial charge in [-0.15, -0.1) is 24.0 Å². The quantitative estimate of drug-likeness (QED) is 0.271. The highest BCUT2D eigenvalue weighted by atomic mass is 127. The van der Waals surface area contributed by atoms with E-state index < -0.39 is 0 Å². The number of nitrogens with one attached hydrogen (secondary N) is 2. The minimum Gasteiger partial charge on any atom is -0.379 e. The van der Waals surface area contributed by atoms with Crippen molar-refractivity contribution in [2.45, 2.75) is 6.04 Å². The maximum atomic E-state index is 13.3. The van der Waals surface area contributed by atoms with E-state index in [1.165, 1.54) is 12.1 Å². The minimum atomic E-state index is -0.207. The van der Waals surface area contributed by atoms with Gasteiger partial charge in [-0.05, 0) is 24.0 Å². The SMILES string of the molecule is CN=C(NCCSC)NCC(c1ccc(F)cc1)N1CCOCC1.I. The Bertz CT molecular complexity index is 512. The highest BCUT2D eigenvalue weighted by Gasteiger charge is 2.22. The first-order valence-corrected chi connectivity index (χ1v) is 9.64. The molecule has 142 valence electrons. The third kappa shape index (κ3) is 7.67. The van der Waals surface area contributed by atoms with Crippen LogP contribution in [0.1, 0.15) is 11.6 Å². The van der Waals surface area contributed by atoms with Crippen LogP contribution < -0.4 is 10.6 Å². The van der Waals surface area contributed by atoms with Crippen LogP contribution in [0.3, 0.4) is 0 Å². The molecule has 1 aromatic carbocycles. The van der Waals surface area contributed by atoms with Gasteiger partial charge >= 0.3 is 0 Å². The topological polar surface area (TPSA) is 48.9 Å². The second-order valence-electron chi connectivity index (χ2n) is 5.59. The van der Waals surface area contributed by atoms with Crippen LogP contribution in [-0.2, 0) is 4.74 Å². The number of hydrogen-bond acceptors (Lipinski definition) is 4. The normalized spacial score (nSPS) is 16.8. The smallest absolute Gasteiger partial charge is 0.191 e. The molecule has 0 saturated carbocycles. The lowest BCUT2D eigenvalue weighted by molar-refractivity contribution is 0.0170. The number of thioether (sulfide) groups is 1. The molecule has 1 atom stereocenters. The fraction of sp³-hybridized carbons (Fsp3) is 0.588. The zero-order valence-corrected chi connectivity index (χ0v) is 18.0. The van der Waals surface area contributed by atoms with E-state index in [9.17, 15) is 4.39 Å². The van der Waals surface area contributed by atoms with Crippen molar-refractivity contribution in [1.82, 2.24) is 15.5 Å². The van der Waals surface area contributed by atoms with Gasteiger partial charge in [0.05, 0.1) is 19.3 Å². The van der Waals surface area contributed by atoms with Crippen LogP contribution >= 0.6 is 35.7 Å². The van der Waals surface area contributed by atoms with Gasteiger partial charge in [0.2, 0.25) is 0 Å². The molecule has 1 heterocycles. The van der Waals surface area contributed by atoms with Gasteiger partial charge in [0.25, 0.3) is 0 Å². The number of hydrogen-bond donors (Lipinski definition) is 2. The molecule has 5 nitrogen and oxygen atoms in total. The minimum absolute atomic E-state index is 0. The predicted octanol–water partition coefficient (Wildman–Crippen LogP) is 2.35. The molecule has 0 bridgehead atoms. The van der Waals surface area contributed by atoms with Crippen LogP contribution in [0.15, 0.2) is 29.3 Å². The molecular formula is C17H28FIN4OS. The van der Waals surface area contributed by atoms with E-state index in [-0.39, 0.29) is 35.8 Å². The van der Waals surface area contributed by atoms with Crippen LogP contribution in [0.25, 0.3) is 0 Å². The van der Waals surface area contributed by atoms with Crippen molar-refractivity contribution in [2.75, 3.05) is 58.4 Å². The Hall–Kier alpha value is -0.580. The average molecular weight is 482 g/mol. The van der Waals surface area contributed by atoms with Crippen LogP contribution in [0.2, 0.25) is 0 Å². The lowest BCUT2D eigenvalue weighted by Gasteiger charge is -2.35. The number of benzene rings is 1. The molecule has 8 heteroatoms. The summed E-state index contributed by atoms with van der Waals surface area (Å²) in [4.78, 5) is 6.64. The number of aliphatic imine (C=N–C) groups is 1. The molecule has 1 fully saturated rings. The number of nitrogens with zero attached hydrogens (tertiary/aromatic N) is 2. The van der Waals surface area contributed by atoms with E-state index in [1.54, 1.807) is 18.8 Å². The molecule has 1 unspecified atom stereocenters. The number of halogens is 2. The van der Waals surface area contributed by atoms with Gasteiger partial charge in [-0.1, -0.05) is 12.1 Å². The summed E-state index contributed by atoms with van der Waals surface area (Å²) < 4.78 is 18.7. The number of rotatable bonds is 7. The average Bonchev–Trinajstić information content (AvgIpc) is 2.63. The summed E-state index contributed by atoms with van der Waals surface area (Å²) in [5.41, 5.74) is 1.10. The molecule has 1 aromatic rings. The summed E-state index contributed by atoms with van der Waals surface area (Å²) in [7, 11) is 1.77. The number of ether oxygens (including phenoxy) is 1. The Morgan fingerprint density at radius 3 is 2.56 bits per heavy atom. The van der Waals surface area contributed by atoms with Crippen LogP contribution in [0.4, 0.5) is 4.39 Å². The molecule has 1 aliphatic heterocycles. The first-order valence-electron chi connectivity index (χ1n) is 8.25. The van der Waals surface area contributed by atoms with Gasteiger partial charge in [-0.3, -0.25) is 9.89 Å². The molecule has 1 saturated heterocycles. The third-order valence-corrected chi connectivity index (χ3v) is 4.64. The Morgan fingerprint density at radius 1 is 1.28 bits per heavy atom. The molecule has 0 spiro atoms. The molecule has 2 rings (SSSR count). The number of morpholine rings is 1. The van der Waals surface area contributed by atoms with Crippen molar-refractivity contribution < 1.29 is 9.13 Å². The first-order chi connectivity index (χ1) is 11.7. The second-order valence-corrected chi connectivity index (χ2v) is 6.57. The Morgan fingerprint density at radius 2 is 1.96 bits per heavy atom. The third-order valence-electron chi connectivity index (χ3n) is 4.03. The van der Waals surface area contributed by atoms with Crippen LogP contribution in [-0.4, -0.2) is 69.3 Å². The van der Waals surface area contributed by atoms with Crippen LogP contribution in [0, 0.1) is 5.82 Å². The van der Waals surface area contributed by atoms with E-state index in [1.807, 2.05) is 12.1 Å². The molecule has 2 N–H and O–H groups in total. The first kappa shape index (κ1) is 22.5. The van der Waals surface area contributed by atoms with Gasteiger partial charge in [0.1, 0.15) is 5.82 Å². The van der Waals surface area contributed by atoms with E-state index in [4.69, 9.17) is 4.74 Å². The van der Waals surface area contributed by atoms with E-state index in [0.717, 1.165) is 50.1 Å². The molecule has 0 radical (unpaired) electrons. The van der Waals surface area contributed by atoms with Crippen molar-refractivity contribution in [1.29, 1.82) is 0 Å². The van der Waals surface area contributed by atoms with Crippen molar-refractivity contribution >= 4 is 41.7 Å². The second kappa shape index (κ2) is 12.7. The fourth-order valence-corrected chi connectivity index (χ4v) is 3.02. The van der Waals surface area contributed by atoms with Gasteiger partial charge in [-0.25, -0.2) is 4.39 Å². The van der Waals surface area contributed by atoms with E-state index in [2.05, 4.69) is 26.8 Å². The van der Waals surface area contributed by atoms with Crippen LogP contribution in [0.5, 0.6) is 0 Å². The monoisotopic (exact) mass is 482 g/mol. The molecular weight excluding hydrogens is 454 g/mol. The summed E-state index contributed by atoms with van der Waals surface area (Å²) in [6.07, 6.45) is 2.08. The lowest BCUT2D eigenvalue weighted by Crippen LogP contribution is -2.46. The maximum Gasteiger partial charge on any atom is 0.191 e. The maximum absolute atomic E-state index is 13.3. The van der Waals surface area contributed by atoms with Crippen molar-refractivity contribution in [2.24, 2.45) is 4.99 Å². The van der Waals surface area contributed by atoms with Gasteiger partial charge < -0.3 is 15.4 Å². The zero-order chi connectivity index (χ0) is 17.2. The summed E-state index contributed by atoms with van der Waals surface area (Å²) in [5.74, 6) is 1.62. The lowest BCUT2D eigenvalue weighted by atomic mass is 10.0. The standard InChI is InChI=1S/C17H27FN4OS.HI/c1-19-17(20-7-12-24-2)21-13-16(22-8-10-23-11-9-22)14-3-5-15(18)6-4-14;/h3-6,16H,7-13H2,1-2H3,(H2,19,20,21);1H. The summed E-state index contributed by atoms with van der Waals surface area (Å²) in [6, 6.07) is 6.93. The Labute approximate surface area is 171 Å². The van der Waals surface area contributed by atoms with Crippen molar-refractivity contribution in [3.05, 3.63) is 35.6 Å². The van der Waals surface area contributed by atoms with Crippen molar-refractivity contribution in [3.8, 4) is 0 Å². The fourth-order valence-electron chi connectivity index (χ4n) is 2.72. The Balaban J connectivity index is 0.00000312. The van der Waals surface area contributed by atoms with Gasteiger partial charge in [0, 0.05) is 39.0 Å². The summed E-state index contributed by atoms with van der Waals surface area (Å²) >= 11 is 1.80. The molecule has 0 aromatic heterocycles. The molecule has 25 heavy (non-hydrogen) atoms. The summed E-state index contributed by atoms with van der Waals surface area (Å²) in [6.45, 7) is 4.81. The number of guanidine groups is 1. The predicted molar refractivity (Wildman–Crippen MR) is 115 cm³/mol. The molecule has 1 aliphatic rings. The zero-order valence-electron chi connectivity index (χ0n) is 14.8. The van der Waals surface area contributed by atoms with Crippen molar-refractivity contribution in [3.63, 3.8) is 0 Å². The molecule has 0 aliphatic carbocycles. The largest absolute Gasteiger partial charge is 0.379 e. The van der Waals surface area contributed by atoms with E-state index in [0.29, 0.717) is 6.54 Å². The molecule has 0 amide bonds. The summed E-state index contributed by atoms with van der Waals surface area (Å²) in [5, 5.41) is 6.70. The van der Waals surface area contributed by atoms with E-state index >= 15 is 0 Å². The Kier molecular flexibility index (Phi) is 11.4. The highest BCUT2D eigenvalue weighted by Crippen LogP contribution is 2.21. The van der Waals surface area contributed by atoms with Gasteiger partial charge in [-0.2, -0.15) is 11.8 Å². The van der Waals surface area contributed by atoms with Gasteiger partial charge in [0.15, 0.2) is 5.96 Å².